The van der Waals surface area contributed by atoms with Crippen LogP contribution in [0, 0.1) is 0 Å². The van der Waals surface area contributed by atoms with Crippen LogP contribution in [0.5, 0.6) is 0 Å². The van der Waals surface area contributed by atoms with Gasteiger partial charge in [-0.15, -0.1) is 0 Å². The van der Waals surface area contributed by atoms with Crippen molar-refractivity contribution in [2.24, 2.45) is 0 Å². The molecule has 0 spiro atoms. The van der Waals surface area contributed by atoms with Crippen LogP contribution in [0.25, 0.3) is 0 Å². The standard InChI is InChI=1S/2C2H8O7P2.3Pd/c2*1-9-11(7,8)2(3)10(4,5)6;;;/h2*2-3H,1H3,(H,7,8)(H2,4,5,6);;;/q;;3*+2/p-6. The first kappa shape index (κ1) is 38.2. The zero-order valence-corrected chi connectivity index (χ0v) is 19.9. The Hall–Kier alpha value is 2.51. The van der Waals surface area contributed by atoms with E-state index in [0.717, 1.165) is 0 Å². The first-order valence-electron chi connectivity index (χ1n) is 4.56. The quantitative estimate of drug-likeness (QED) is 0.192. The predicted octanol–water partition coefficient (Wildman–Crippen LogP) is -5.26. The summed E-state index contributed by atoms with van der Waals surface area (Å²) in [4.78, 5) is 60.3. The molecule has 0 radical (unpaired) electrons. The van der Waals surface area contributed by atoms with Crippen molar-refractivity contribution in [2.45, 2.75) is 11.2 Å². The molecule has 0 saturated heterocycles. The third-order valence-electron chi connectivity index (χ3n) is 1.64. The summed E-state index contributed by atoms with van der Waals surface area (Å²) >= 11 is 0. The molecule has 0 aliphatic rings. The van der Waals surface area contributed by atoms with Crippen molar-refractivity contribution in [1.82, 2.24) is 0 Å². The summed E-state index contributed by atoms with van der Waals surface area (Å²) in [6, 6.07) is 0. The Morgan fingerprint density at radius 3 is 0.840 bits per heavy atom. The van der Waals surface area contributed by atoms with Gasteiger partial charge in [0.05, 0.1) is 0 Å². The van der Waals surface area contributed by atoms with E-state index in [1.807, 2.05) is 0 Å². The Labute approximate surface area is 183 Å². The molecule has 160 valence electrons. The van der Waals surface area contributed by atoms with E-state index in [1.54, 1.807) is 0 Å². The van der Waals surface area contributed by atoms with E-state index in [0.29, 0.717) is 14.2 Å². The summed E-state index contributed by atoms with van der Waals surface area (Å²) in [6.45, 7) is 0. The number of aliphatic hydroxyl groups excluding tert-OH is 2. The first-order valence-corrected chi connectivity index (χ1v) is 11.0. The second kappa shape index (κ2) is 14.5. The van der Waals surface area contributed by atoms with Gasteiger partial charge >= 0.3 is 61.3 Å². The molecule has 21 heteroatoms. The molecule has 4 atom stereocenters. The molecule has 0 fully saturated rings. The van der Waals surface area contributed by atoms with E-state index in [1.165, 1.54) is 0 Å². The molecule has 25 heavy (non-hydrogen) atoms. The maximum Gasteiger partial charge on any atom is 2.00 e. The van der Waals surface area contributed by atoms with Crippen molar-refractivity contribution in [3.63, 3.8) is 0 Å². The number of aliphatic hydroxyl groups is 2. The van der Waals surface area contributed by atoms with Crippen LogP contribution in [0.3, 0.4) is 0 Å². The van der Waals surface area contributed by atoms with Crippen molar-refractivity contribution < 1.29 is 128 Å². The number of hydrogen-bond donors (Lipinski definition) is 2. The Morgan fingerprint density at radius 2 is 0.800 bits per heavy atom. The van der Waals surface area contributed by atoms with Crippen LogP contribution in [-0.2, 0) is 88.6 Å². The van der Waals surface area contributed by atoms with E-state index in [9.17, 15) is 47.6 Å². The molecule has 0 heterocycles. The average Bonchev–Trinajstić information content (AvgIpc) is 2.35. The normalized spacial score (nSPS) is 18.3. The van der Waals surface area contributed by atoms with E-state index < -0.39 is 41.6 Å². The second-order valence-corrected chi connectivity index (χ2v) is 11.0. The summed E-state index contributed by atoms with van der Waals surface area (Å²) in [5.41, 5.74) is -6.00. The zero-order valence-electron chi connectivity index (χ0n) is 11.7. The molecule has 0 aromatic carbocycles. The maximum atomic E-state index is 10.3. The van der Waals surface area contributed by atoms with Gasteiger partial charge in [-0.05, 0) is 15.2 Å². The van der Waals surface area contributed by atoms with Crippen LogP contribution < -0.4 is 29.4 Å². The number of rotatable bonds is 6. The molecule has 0 aliphatic heterocycles. The van der Waals surface area contributed by atoms with Crippen LogP contribution in [-0.4, -0.2) is 35.6 Å². The summed E-state index contributed by atoms with van der Waals surface area (Å²) in [7, 11) is -19.7. The van der Waals surface area contributed by atoms with Crippen molar-refractivity contribution in [2.75, 3.05) is 14.2 Å². The molecule has 0 bridgehead atoms. The monoisotopic (exact) mass is 724 g/mol. The fraction of sp³-hybridized carbons (Fsp3) is 1.00. The van der Waals surface area contributed by atoms with Gasteiger partial charge < -0.3 is 66.9 Å². The van der Waals surface area contributed by atoms with Gasteiger partial charge in [-0.3, -0.25) is 0 Å². The smallest absolute Gasteiger partial charge is 0.809 e. The molecule has 0 saturated carbocycles. The van der Waals surface area contributed by atoms with Crippen molar-refractivity contribution in [3.05, 3.63) is 0 Å². The molecular weight excluding hydrogens is 715 g/mol. The predicted molar refractivity (Wildman–Crippen MR) is 56.5 cm³/mol. The fourth-order valence-corrected chi connectivity index (χ4v) is 4.25. The van der Waals surface area contributed by atoms with Gasteiger partial charge in [-0.1, -0.05) is 0 Å². The van der Waals surface area contributed by atoms with Gasteiger partial charge in [-0.25, -0.2) is 0 Å². The Kier molecular flexibility index (Phi) is 22.1. The Balaban J connectivity index is -0.0000000952. The minimum Gasteiger partial charge on any atom is -0.809 e. The fourth-order valence-electron chi connectivity index (χ4n) is 0.535. The molecule has 14 nitrogen and oxygen atoms in total. The molecule has 4 unspecified atom stereocenters. The van der Waals surface area contributed by atoms with Crippen molar-refractivity contribution in [3.8, 4) is 0 Å². The van der Waals surface area contributed by atoms with Crippen LogP contribution in [0.4, 0.5) is 0 Å². The Morgan fingerprint density at radius 1 is 0.640 bits per heavy atom. The van der Waals surface area contributed by atoms with Gasteiger partial charge in [0.2, 0.25) is 0 Å². The van der Waals surface area contributed by atoms with E-state index in [-0.39, 0.29) is 61.3 Å². The first-order chi connectivity index (χ1) is 9.43. The number of hydrogen-bond acceptors (Lipinski definition) is 14. The van der Waals surface area contributed by atoms with Crippen molar-refractivity contribution in [1.29, 1.82) is 0 Å². The SMILES string of the molecule is COP(=O)([O-])C(O)P(=O)([O-])[O-].COP(=O)([O-])C(O)P(=O)([O-])[O-].[Pd+2].[Pd+2].[Pd+2]. The van der Waals surface area contributed by atoms with Crippen LogP contribution in [0.1, 0.15) is 0 Å². The van der Waals surface area contributed by atoms with Gasteiger partial charge in [0.25, 0.3) is 0 Å². The molecule has 0 aromatic heterocycles. The van der Waals surface area contributed by atoms with E-state index in [4.69, 9.17) is 10.2 Å². The van der Waals surface area contributed by atoms with Crippen LogP contribution >= 0.6 is 30.4 Å². The molecular formula is C4H10O14P4Pd3. The van der Waals surface area contributed by atoms with Gasteiger partial charge in [0, 0.05) is 14.2 Å². The largest absolute Gasteiger partial charge is 2.00 e. The third kappa shape index (κ3) is 15.1. The summed E-state index contributed by atoms with van der Waals surface area (Å²) in [5, 5.41) is 16.6. The Bertz CT molecular complexity index is 494. The second-order valence-electron chi connectivity index (χ2n) is 3.22. The molecule has 0 aliphatic carbocycles. The molecule has 2 N–H and O–H groups in total. The van der Waals surface area contributed by atoms with Gasteiger partial charge in [0.1, 0.15) is 11.2 Å². The minimum absolute atomic E-state index is 0. The summed E-state index contributed by atoms with van der Waals surface area (Å²) in [5.74, 6) is 0. The summed E-state index contributed by atoms with van der Waals surface area (Å²) in [6.07, 6.45) is 0. The summed E-state index contributed by atoms with van der Waals surface area (Å²) < 4.78 is 47.7. The third-order valence-corrected chi connectivity index (χ3v) is 8.32. The molecule has 0 amide bonds. The molecule has 0 aromatic rings. The zero-order chi connectivity index (χ0) is 18.6. The van der Waals surface area contributed by atoms with Crippen LogP contribution in [0.2, 0.25) is 0 Å². The van der Waals surface area contributed by atoms with E-state index >= 15 is 0 Å². The van der Waals surface area contributed by atoms with Crippen LogP contribution in [0.15, 0.2) is 0 Å². The van der Waals surface area contributed by atoms with E-state index in [2.05, 4.69) is 9.05 Å². The van der Waals surface area contributed by atoms with Crippen molar-refractivity contribution >= 4 is 30.4 Å². The minimum atomic E-state index is -5.54. The topological polar surface area (TPSA) is 266 Å². The molecule has 0 rings (SSSR count). The maximum absolute atomic E-state index is 10.3. The average molecular weight is 725 g/mol. The van der Waals surface area contributed by atoms with Gasteiger partial charge in [0.15, 0.2) is 15.2 Å². The van der Waals surface area contributed by atoms with Gasteiger partial charge in [-0.2, -0.15) is 0 Å².